The molecule has 0 saturated heterocycles. The molecule has 0 radical (unpaired) electrons. The van der Waals surface area contributed by atoms with Crippen molar-refractivity contribution in [2.75, 3.05) is 0 Å². The van der Waals surface area contributed by atoms with Gasteiger partial charge in [0.2, 0.25) is 0 Å². The maximum absolute atomic E-state index is 5.14. The number of fused-ring (bicyclic) bond motifs is 7. The number of thiophene rings is 1. The van der Waals surface area contributed by atoms with E-state index in [4.69, 9.17) is 4.98 Å². The van der Waals surface area contributed by atoms with Gasteiger partial charge >= 0.3 is 0 Å². The smallest absolute Gasteiger partial charge is 0.125 e. The molecule has 10 rings (SSSR count). The van der Waals surface area contributed by atoms with Gasteiger partial charge in [0.1, 0.15) is 4.83 Å². The number of aromatic nitrogens is 1. The number of nitrogens with zero attached hydrogens (tertiary/aromatic N) is 1. The number of benzene rings is 8. The Morgan fingerprint density at radius 3 is 1.60 bits per heavy atom. The first-order valence-electron chi connectivity index (χ1n) is 16.1. The van der Waals surface area contributed by atoms with Gasteiger partial charge in [-0.25, -0.2) is 4.98 Å². The molecule has 8 aromatic carbocycles. The summed E-state index contributed by atoms with van der Waals surface area (Å²) >= 11 is 1.78. The third-order valence-corrected chi connectivity index (χ3v) is 10.7. The molecule has 0 atom stereocenters. The summed E-state index contributed by atoms with van der Waals surface area (Å²) in [6.07, 6.45) is 0. The summed E-state index contributed by atoms with van der Waals surface area (Å²) in [7, 11) is 0. The summed E-state index contributed by atoms with van der Waals surface area (Å²) in [6, 6.07) is 59.8. The lowest BCUT2D eigenvalue weighted by atomic mass is 9.85. The van der Waals surface area contributed by atoms with Crippen molar-refractivity contribution >= 4 is 74.9 Å². The van der Waals surface area contributed by atoms with Crippen molar-refractivity contribution in [2.45, 2.75) is 0 Å². The fourth-order valence-corrected chi connectivity index (χ4v) is 8.70. The zero-order chi connectivity index (χ0) is 30.9. The van der Waals surface area contributed by atoms with E-state index in [0.717, 1.165) is 10.3 Å². The molecular weight excluding hydrogens is 587 g/mol. The monoisotopic (exact) mass is 613 g/mol. The molecular formula is C45H27NS. The number of rotatable bonds is 3. The number of pyridine rings is 1. The van der Waals surface area contributed by atoms with Crippen molar-refractivity contribution in [3.05, 3.63) is 164 Å². The van der Waals surface area contributed by atoms with E-state index in [2.05, 4.69) is 164 Å². The molecule has 0 bridgehead atoms. The van der Waals surface area contributed by atoms with Gasteiger partial charge in [0.15, 0.2) is 0 Å². The summed E-state index contributed by atoms with van der Waals surface area (Å²) < 4.78 is 1.27. The van der Waals surface area contributed by atoms with Crippen molar-refractivity contribution in [3.8, 4) is 33.4 Å². The Morgan fingerprint density at radius 2 is 0.894 bits per heavy atom. The molecule has 0 fully saturated rings. The van der Waals surface area contributed by atoms with Crippen LogP contribution in [0.25, 0.3) is 96.9 Å². The minimum Gasteiger partial charge on any atom is -0.237 e. The molecule has 1 nitrogen and oxygen atoms in total. The van der Waals surface area contributed by atoms with Gasteiger partial charge in [0, 0.05) is 26.4 Å². The number of para-hydroxylation sites is 1. The van der Waals surface area contributed by atoms with Crippen LogP contribution in [0.2, 0.25) is 0 Å². The van der Waals surface area contributed by atoms with E-state index in [-0.39, 0.29) is 0 Å². The lowest BCUT2D eigenvalue weighted by molar-refractivity contribution is 1.54. The van der Waals surface area contributed by atoms with Crippen LogP contribution < -0.4 is 0 Å². The first-order valence-corrected chi connectivity index (χ1v) is 16.9. The van der Waals surface area contributed by atoms with Crippen LogP contribution in [0.15, 0.2) is 164 Å². The molecule has 218 valence electrons. The third kappa shape index (κ3) is 4.05. The van der Waals surface area contributed by atoms with E-state index in [0.29, 0.717) is 0 Å². The van der Waals surface area contributed by atoms with Crippen LogP contribution in [0.1, 0.15) is 0 Å². The highest BCUT2D eigenvalue weighted by molar-refractivity contribution is 7.25. The molecule has 0 aliphatic carbocycles. The second-order valence-electron chi connectivity index (χ2n) is 12.3. The Labute approximate surface area is 276 Å². The topological polar surface area (TPSA) is 12.9 Å². The Hall–Kier alpha value is -5.83. The van der Waals surface area contributed by atoms with Crippen molar-refractivity contribution in [1.29, 1.82) is 0 Å². The second-order valence-corrected chi connectivity index (χ2v) is 13.3. The largest absolute Gasteiger partial charge is 0.237 e. The van der Waals surface area contributed by atoms with E-state index >= 15 is 0 Å². The zero-order valence-electron chi connectivity index (χ0n) is 25.4. The Bertz CT molecular complexity index is 2800. The first-order chi connectivity index (χ1) is 23.3. The van der Waals surface area contributed by atoms with Crippen molar-refractivity contribution < 1.29 is 0 Å². The van der Waals surface area contributed by atoms with Crippen LogP contribution in [-0.2, 0) is 0 Å². The predicted molar refractivity (Wildman–Crippen MR) is 203 cm³/mol. The highest BCUT2D eigenvalue weighted by Crippen LogP contribution is 2.47. The van der Waals surface area contributed by atoms with Gasteiger partial charge in [-0.2, -0.15) is 0 Å². The van der Waals surface area contributed by atoms with Crippen molar-refractivity contribution in [3.63, 3.8) is 0 Å². The molecule has 0 aliphatic rings. The van der Waals surface area contributed by atoms with Crippen LogP contribution >= 0.6 is 11.3 Å². The molecule has 2 heteroatoms. The summed E-state index contributed by atoms with van der Waals surface area (Å²) in [6.45, 7) is 0. The fourth-order valence-electron chi connectivity index (χ4n) is 7.60. The van der Waals surface area contributed by atoms with E-state index < -0.39 is 0 Å². The molecule has 0 N–H and O–H groups in total. The fraction of sp³-hybridized carbons (Fsp3) is 0. The summed E-state index contributed by atoms with van der Waals surface area (Å²) in [5, 5.41) is 11.3. The third-order valence-electron chi connectivity index (χ3n) is 9.63. The zero-order valence-corrected chi connectivity index (χ0v) is 26.3. The average molecular weight is 614 g/mol. The first kappa shape index (κ1) is 26.4. The predicted octanol–water partition coefficient (Wildman–Crippen LogP) is 13.1. The van der Waals surface area contributed by atoms with E-state index in [9.17, 15) is 0 Å². The molecule has 0 spiro atoms. The molecule has 2 heterocycles. The van der Waals surface area contributed by atoms with Crippen LogP contribution in [0.3, 0.4) is 0 Å². The minimum atomic E-state index is 1.03. The van der Waals surface area contributed by atoms with Gasteiger partial charge in [-0.3, -0.25) is 0 Å². The number of hydrogen-bond acceptors (Lipinski definition) is 2. The standard InChI is InChI=1S/C45H27NS/c1-2-13-29-26-32(25-24-28(29)12-1)42-35-18-5-3-16-33(35)41(34-17-4-6-19-36(34)42)30-14-11-15-31(27-30)43-37-20-7-9-22-39(37)46-45-44(43)38-21-8-10-23-40(38)47-45/h1-27H. The average Bonchev–Trinajstić information content (AvgIpc) is 3.50. The van der Waals surface area contributed by atoms with Gasteiger partial charge in [-0.1, -0.05) is 140 Å². The summed E-state index contributed by atoms with van der Waals surface area (Å²) in [5.41, 5.74) is 8.51. The normalized spacial score (nSPS) is 11.8. The highest BCUT2D eigenvalue weighted by atomic mass is 32.1. The lowest BCUT2D eigenvalue weighted by Gasteiger charge is -2.19. The molecule has 0 unspecified atom stereocenters. The van der Waals surface area contributed by atoms with Crippen molar-refractivity contribution in [1.82, 2.24) is 4.98 Å². The SMILES string of the molecule is c1cc(-c2c3ccccc3c(-c3ccc4ccccc4c3)c3ccccc23)cc(-c2c3ccccc3nc3sc4ccccc4c23)c1. The minimum absolute atomic E-state index is 1.03. The summed E-state index contributed by atoms with van der Waals surface area (Å²) in [5.74, 6) is 0. The lowest BCUT2D eigenvalue weighted by Crippen LogP contribution is -1.92. The quantitative estimate of drug-likeness (QED) is 0.181. The summed E-state index contributed by atoms with van der Waals surface area (Å²) in [4.78, 5) is 6.22. The molecule has 2 aromatic heterocycles. The van der Waals surface area contributed by atoms with Crippen molar-refractivity contribution in [2.24, 2.45) is 0 Å². The maximum atomic E-state index is 5.14. The van der Waals surface area contributed by atoms with Crippen LogP contribution in [0.5, 0.6) is 0 Å². The van der Waals surface area contributed by atoms with E-state index in [1.807, 2.05) is 0 Å². The molecule has 0 saturated carbocycles. The Morgan fingerprint density at radius 1 is 0.362 bits per heavy atom. The Balaban J connectivity index is 1.28. The Kier molecular flexibility index (Phi) is 5.81. The van der Waals surface area contributed by atoms with Gasteiger partial charge in [0.05, 0.1) is 5.52 Å². The van der Waals surface area contributed by atoms with Gasteiger partial charge in [0.25, 0.3) is 0 Å². The van der Waals surface area contributed by atoms with Gasteiger partial charge in [-0.05, 0) is 84.4 Å². The molecule has 47 heavy (non-hydrogen) atoms. The van der Waals surface area contributed by atoms with E-state index in [1.165, 1.54) is 86.6 Å². The van der Waals surface area contributed by atoms with Crippen LogP contribution in [-0.4, -0.2) is 4.98 Å². The van der Waals surface area contributed by atoms with E-state index in [1.54, 1.807) is 11.3 Å². The number of hydrogen-bond donors (Lipinski definition) is 0. The molecule has 0 amide bonds. The molecule has 0 aliphatic heterocycles. The maximum Gasteiger partial charge on any atom is 0.125 e. The van der Waals surface area contributed by atoms with Crippen LogP contribution in [0, 0.1) is 0 Å². The highest BCUT2D eigenvalue weighted by Gasteiger charge is 2.19. The molecule has 10 aromatic rings. The second kappa shape index (κ2) is 10.3. The van der Waals surface area contributed by atoms with Gasteiger partial charge < -0.3 is 0 Å². The van der Waals surface area contributed by atoms with Gasteiger partial charge in [-0.15, -0.1) is 11.3 Å². The van der Waals surface area contributed by atoms with Crippen LogP contribution in [0.4, 0.5) is 0 Å².